The third-order valence-electron chi connectivity index (χ3n) is 3.54. The summed E-state index contributed by atoms with van der Waals surface area (Å²) in [5.41, 5.74) is 3.22. The van der Waals surface area contributed by atoms with Crippen molar-refractivity contribution >= 4 is 0 Å². The zero-order valence-corrected chi connectivity index (χ0v) is 12.0. The summed E-state index contributed by atoms with van der Waals surface area (Å²) in [7, 11) is 1.86. The van der Waals surface area contributed by atoms with Crippen LogP contribution in [0.15, 0.2) is 36.4 Å². The van der Waals surface area contributed by atoms with E-state index in [0.717, 1.165) is 11.1 Å². The summed E-state index contributed by atoms with van der Waals surface area (Å²) in [6.07, 6.45) is 0.665. The van der Waals surface area contributed by atoms with Gasteiger partial charge < -0.3 is 5.32 Å². The minimum Gasteiger partial charge on any atom is -0.313 e. The molecule has 2 aromatic carbocycles. The molecule has 0 saturated carbocycles. The van der Waals surface area contributed by atoms with Gasteiger partial charge in [-0.15, -0.1) is 0 Å². The number of benzene rings is 2. The van der Waals surface area contributed by atoms with E-state index in [1.165, 1.54) is 12.1 Å². The molecule has 20 heavy (non-hydrogen) atoms. The lowest BCUT2D eigenvalue weighted by atomic mass is 9.95. The van der Waals surface area contributed by atoms with Crippen LogP contribution < -0.4 is 5.32 Å². The lowest BCUT2D eigenvalue weighted by molar-refractivity contribution is 0.575. The predicted molar refractivity (Wildman–Crippen MR) is 77.8 cm³/mol. The first kappa shape index (κ1) is 14.7. The molecule has 0 fully saturated rings. The topological polar surface area (TPSA) is 12.0 Å². The van der Waals surface area contributed by atoms with Crippen molar-refractivity contribution in [3.05, 3.63) is 70.3 Å². The Balaban J connectivity index is 2.29. The van der Waals surface area contributed by atoms with E-state index in [1.807, 2.05) is 25.2 Å². The quantitative estimate of drug-likeness (QED) is 0.886. The van der Waals surface area contributed by atoms with E-state index in [-0.39, 0.29) is 17.7 Å². The smallest absolute Gasteiger partial charge is 0.129 e. The van der Waals surface area contributed by atoms with Gasteiger partial charge in [-0.25, -0.2) is 8.78 Å². The molecule has 0 aliphatic heterocycles. The Morgan fingerprint density at radius 3 is 2.25 bits per heavy atom. The van der Waals surface area contributed by atoms with Crippen molar-refractivity contribution in [2.75, 3.05) is 7.05 Å². The molecule has 2 aromatic rings. The average molecular weight is 275 g/mol. The molecule has 0 aromatic heterocycles. The van der Waals surface area contributed by atoms with Gasteiger partial charge in [0.2, 0.25) is 0 Å². The van der Waals surface area contributed by atoms with Gasteiger partial charge in [-0.05, 0) is 61.7 Å². The Kier molecular flexibility index (Phi) is 4.50. The van der Waals surface area contributed by atoms with Crippen molar-refractivity contribution in [2.45, 2.75) is 26.3 Å². The molecule has 1 atom stereocenters. The van der Waals surface area contributed by atoms with Crippen molar-refractivity contribution in [3.8, 4) is 0 Å². The van der Waals surface area contributed by atoms with E-state index in [0.29, 0.717) is 17.5 Å². The molecule has 1 N–H and O–H groups in total. The summed E-state index contributed by atoms with van der Waals surface area (Å²) in [6, 6.07) is 10.3. The van der Waals surface area contributed by atoms with Crippen molar-refractivity contribution in [2.24, 2.45) is 0 Å². The second kappa shape index (κ2) is 6.14. The second-order valence-electron chi connectivity index (χ2n) is 5.14. The minimum atomic E-state index is -0.233. The van der Waals surface area contributed by atoms with Crippen molar-refractivity contribution in [1.82, 2.24) is 5.32 Å². The Labute approximate surface area is 118 Å². The van der Waals surface area contributed by atoms with Gasteiger partial charge in [0.15, 0.2) is 0 Å². The first-order valence-corrected chi connectivity index (χ1v) is 6.69. The maximum atomic E-state index is 13.7. The number of hydrogen-bond donors (Lipinski definition) is 1. The fourth-order valence-electron chi connectivity index (χ4n) is 2.47. The first-order chi connectivity index (χ1) is 9.51. The van der Waals surface area contributed by atoms with E-state index in [1.54, 1.807) is 19.9 Å². The fraction of sp³-hybridized carbons (Fsp3) is 0.294. The highest BCUT2D eigenvalue weighted by molar-refractivity contribution is 5.33. The van der Waals surface area contributed by atoms with Crippen LogP contribution >= 0.6 is 0 Å². The van der Waals surface area contributed by atoms with Crippen molar-refractivity contribution < 1.29 is 8.78 Å². The van der Waals surface area contributed by atoms with Crippen LogP contribution in [0.5, 0.6) is 0 Å². The van der Waals surface area contributed by atoms with Gasteiger partial charge in [-0.1, -0.05) is 24.3 Å². The minimum absolute atomic E-state index is 0.0369. The van der Waals surface area contributed by atoms with Crippen LogP contribution in [0.2, 0.25) is 0 Å². The number of nitrogens with one attached hydrogen (secondary N) is 1. The number of likely N-dealkylation sites (N-methyl/N-ethyl adjacent to an activating group) is 1. The van der Waals surface area contributed by atoms with Gasteiger partial charge in [-0.2, -0.15) is 0 Å². The van der Waals surface area contributed by atoms with Crippen LogP contribution in [0, 0.1) is 25.5 Å². The van der Waals surface area contributed by atoms with E-state index in [9.17, 15) is 8.78 Å². The van der Waals surface area contributed by atoms with Crippen LogP contribution in [0.1, 0.15) is 28.3 Å². The van der Waals surface area contributed by atoms with Gasteiger partial charge in [0, 0.05) is 6.04 Å². The summed E-state index contributed by atoms with van der Waals surface area (Å²) >= 11 is 0. The molecule has 1 unspecified atom stereocenters. The average Bonchev–Trinajstić information content (AvgIpc) is 2.41. The summed E-state index contributed by atoms with van der Waals surface area (Å²) < 4.78 is 26.9. The largest absolute Gasteiger partial charge is 0.313 e. The third-order valence-corrected chi connectivity index (χ3v) is 3.54. The van der Waals surface area contributed by atoms with Crippen LogP contribution in [0.3, 0.4) is 0 Å². The monoisotopic (exact) mass is 275 g/mol. The fourth-order valence-corrected chi connectivity index (χ4v) is 2.47. The molecule has 106 valence electrons. The SMILES string of the molecule is CNC(Cc1cccc(F)c1)c1cc(C)c(F)c(C)c1. The molecule has 0 saturated heterocycles. The van der Waals surface area contributed by atoms with Gasteiger partial charge in [0.25, 0.3) is 0 Å². The summed E-state index contributed by atoms with van der Waals surface area (Å²) in [5, 5.41) is 3.22. The third kappa shape index (κ3) is 3.23. The maximum absolute atomic E-state index is 13.7. The zero-order chi connectivity index (χ0) is 14.7. The Morgan fingerprint density at radius 2 is 1.70 bits per heavy atom. The highest BCUT2D eigenvalue weighted by Crippen LogP contribution is 2.23. The van der Waals surface area contributed by atoms with Crippen LogP contribution in [-0.4, -0.2) is 7.05 Å². The Morgan fingerprint density at radius 1 is 1.05 bits per heavy atom. The summed E-state index contributed by atoms with van der Waals surface area (Å²) in [4.78, 5) is 0. The molecule has 0 aliphatic carbocycles. The zero-order valence-electron chi connectivity index (χ0n) is 12.0. The molecule has 0 spiro atoms. The molecule has 0 bridgehead atoms. The molecule has 2 rings (SSSR count). The normalized spacial score (nSPS) is 12.4. The Bertz CT molecular complexity index is 585. The summed E-state index contributed by atoms with van der Waals surface area (Å²) in [5.74, 6) is -0.391. The van der Waals surface area contributed by atoms with Gasteiger partial charge in [-0.3, -0.25) is 0 Å². The number of halogens is 2. The number of aryl methyl sites for hydroxylation is 2. The highest BCUT2D eigenvalue weighted by Gasteiger charge is 2.13. The predicted octanol–water partition coefficient (Wildman–Crippen LogP) is 4.08. The van der Waals surface area contributed by atoms with E-state index in [4.69, 9.17) is 0 Å². The van der Waals surface area contributed by atoms with E-state index >= 15 is 0 Å². The van der Waals surface area contributed by atoms with Crippen molar-refractivity contribution in [1.29, 1.82) is 0 Å². The lowest BCUT2D eigenvalue weighted by Gasteiger charge is -2.18. The Hall–Kier alpha value is -1.74. The van der Waals surface area contributed by atoms with E-state index < -0.39 is 0 Å². The molecule has 0 aliphatic rings. The standard InChI is InChI=1S/C17H19F2N/c1-11-7-14(8-12(2)17(11)19)16(20-3)10-13-5-4-6-15(18)9-13/h4-9,16,20H,10H2,1-3H3. The lowest BCUT2D eigenvalue weighted by Crippen LogP contribution is -2.19. The van der Waals surface area contributed by atoms with Gasteiger partial charge in [0.05, 0.1) is 0 Å². The van der Waals surface area contributed by atoms with Crippen LogP contribution in [-0.2, 0) is 6.42 Å². The molecule has 3 heteroatoms. The van der Waals surface area contributed by atoms with Crippen LogP contribution in [0.25, 0.3) is 0 Å². The second-order valence-corrected chi connectivity index (χ2v) is 5.14. The molecule has 0 heterocycles. The van der Waals surface area contributed by atoms with Gasteiger partial charge >= 0.3 is 0 Å². The number of hydrogen-bond acceptors (Lipinski definition) is 1. The van der Waals surface area contributed by atoms with E-state index in [2.05, 4.69) is 5.32 Å². The number of rotatable bonds is 4. The molecular weight excluding hydrogens is 256 g/mol. The molecule has 0 amide bonds. The molecule has 1 nitrogen and oxygen atoms in total. The summed E-state index contributed by atoms with van der Waals surface area (Å²) in [6.45, 7) is 3.53. The molecule has 0 radical (unpaired) electrons. The first-order valence-electron chi connectivity index (χ1n) is 6.69. The highest BCUT2D eigenvalue weighted by atomic mass is 19.1. The van der Waals surface area contributed by atoms with Crippen LogP contribution in [0.4, 0.5) is 8.78 Å². The maximum Gasteiger partial charge on any atom is 0.129 e. The van der Waals surface area contributed by atoms with Crippen molar-refractivity contribution in [3.63, 3.8) is 0 Å². The van der Waals surface area contributed by atoms with Gasteiger partial charge in [0.1, 0.15) is 11.6 Å². The molecular formula is C17H19F2N.